The van der Waals surface area contributed by atoms with Gasteiger partial charge in [0.1, 0.15) is 11.3 Å². The molecule has 0 atom stereocenters. The number of hydrogen-bond donors (Lipinski definition) is 2. The van der Waals surface area contributed by atoms with Crippen molar-refractivity contribution in [2.75, 3.05) is 64.2 Å². The Hall–Kier alpha value is -3.97. The second kappa shape index (κ2) is 11.0. The van der Waals surface area contributed by atoms with E-state index in [1.54, 1.807) is 14.0 Å². The van der Waals surface area contributed by atoms with E-state index in [9.17, 15) is 4.79 Å². The molecule has 4 heterocycles. The Morgan fingerprint density at radius 3 is 2.84 bits per heavy atom. The number of fused-ring (bicyclic) bond motifs is 3. The van der Waals surface area contributed by atoms with E-state index in [2.05, 4.69) is 30.2 Å². The molecule has 196 valence electrons. The minimum Gasteiger partial charge on any atom is -0.491 e. The fourth-order valence-corrected chi connectivity index (χ4v) is 4.41. The average Bonchev–Trinajstić information content (AvgIpc) is 3.39. The van der Waals surface area contributed by atoms with E-state index in [0.717, 1.165) is 50.5 Å². The Bertz CT molecular complexity index is 1370. The second-order valence-electron chi connectivity index (χ2n) is 8.65. The maximum absolute atomic E-state index is 12.7. The number of methoxy groups -OCH3 is 1. The lowest BCUT2D eigenvalue weighted by Crippen LogP contribution is -2.37. The van der Waals surface area contributed by atoms with Gasteiger partial charge in [0.15, 0.2) is 17.2 Å². The van der Waals surface area contributed by atoms with Gasteiger partial charge < -0.3 is 30.0 Å². The molecule has 2 aliphatic rings. The number of carbonyl (C=O) groups excluding carboxylic acids is 1. The van der Waals surface area contributed by atoms with Gasteiger partial charge in [-0.15, -0.1) is 4.99 Å². The van der Waals surface area contributed by atoms with Gasteiger partial charge in [-0.25, -0.2) is 19.7 Å². The molecule has 3 aromatic rings. The third-order valence-electron chi connectivity index (χ3n) is 6.23. The number of amides is 1. The van der Waals surface area contributed by atoms with Gasteiger partial charge in [0.2, 0.25) is 11.6 Å². The van der Waals surface area contributed by atoms with Gasteiger partial charge in [0.25, 0.3) is 0 Å². The van der Waals surface area contributed by atoms with Gasteiger partial charge in [-0.1, -0.05) is 0 Å². The van der Waals surface area contributed by atoms with Crippen molar-refractivity contribution in [2.24, 2.45) is 4.99 Å². The normalized spacial score (nSPS) is 15.9. The zero-order chi connectivity index (χ0) is 25.8. The quantitative estimate of drug-likeness (QED) is 0.443. The smallest absolute Gasteiger partial charge is 0.442 e. The summed E-state index contributed by atoms with van der Waals surface area (Å²) in [5, 5.41) is 4.18. The first-order chi connectivity index (χ1) is 18.0. The SMILES string of the molecule is COc1c(OCCCN2CCOCC2)ccc2c3n(c(=NC(=O)Oc4cnc(N)nc4C)nc12)CCN3. The van der Waals surface area contributed by atoms with Crippen molar-refractivity contribution in [3.8, 4) is 17.2 Å². The first-order valence-corrected chi connectivity index (χ1v) is 12.2. The van der Waals surface area contributed by atoms with E-state index in [1.807, 2.05) is 16.7 Å². The molecule has 0 aliphatic carbocycles. The van der Waals surface area contributed by atoms with Gasteiger partial charge in [-0.2, -0.15) is 0 Å². The standard InChI is InChI=1S/C24H30N8O5/c1-15-18(14-27-22(25)28-15)37-24(33)30-23-29-19-16(21-26-6-8-32(21)23)4-5-17(20(19)34-2)36-11-3-7-31-9-12-35-13-10-31/h4-5,14,26H,3,6-13H2,1-2H3,(H2,25,27,28). The van der Waals surface area contributed by atoms with Crippen LogP contribution in [0.25, 0.3) is 10.9 Å². The third-order valence-corrected chi connectivity index (χ3v) is 6.23. The Labute approximate surface area is 213 Å². The maximum Gasteiger partial charge on any atom is 0.442 e. The molecule has 0 radical (unpaired) electrons. The Morgan fingerprint density at radius 1 is 1.22 bits per heavy atom. The molecule has 13 nitrogen and oxygen atoms in total. The van der Waals surface area contributed by atoms with Crippen LogP contribution >= 0.6 is 0 Å². The van der Waals surface area contributed by atoms with Crippen molar-refractivity contribution >= 4 is 28.8 Å². The molecule has 0 unspecified atom stereocenters. The Balaban J connectivity index is 1.41. The zero-order valence-electron chi connectivity index (χ0n) is 20.9. The molecule has 0 spiro atoms. The van der Waals surface area contributed by atoms with E-state index in [4.69, 9.17) is 24.7 Å². The number of hydrogen-bond acceptors (Lipinski definition) is 11. The van der Waals surface area contributed by atoms with Crippen LogP contribution in [-0.2, 0) is 11.3 Å². The molecule has 1 aromatic carbocycles. The van der Waals surface area contributed by atoms with Crippen LogP contribution in [0.5, 0.6) is 17.2 Å². The molecule has 37 heavy (non-hydrogen) atoms. The lowest BCUT2D eigenvalue weighted by Gasteiger charge is -2.26. The number of anilines is 2. The molecule has 0 bridgehead atoms. The predicted octanol–water partition coefficient (Wildman–Crippen LogP) is 1.35. The molecule has 2 aromatic heterocycles. The summed E-state index contributed by atoms with van der Waals surface area (Å²) < 4.78 is 24.4. The monoisotopic (exact) mass is 510 g/mol. The van der Waals surface area contributed by atoms with Crippen LogP contribution in [0.2, 0.25) is 0 Å². The van der Waals surface area contributed by atoms with Crippen molar-refractivity contribution < 1.29 is 23.7 Å². The van der Waals surface area contributed by atoms with E-state index in [0.29, 0.717) is 42.4 Å². The number of carbonyl (C=O) groups is 1. The van der Waals surface area contributed by atoms with E-state index < -0.39 is 6.09 Å². The molecule has 3 N–H and O–H groups in total. The summed E-state index contributed by atoms with van der Waals surface area (Å²) in [5.41, 5.74) is 6.73. The number of rotatable bonds is 7. The van der Waals surface area contributed by atoms with E-state index >= 15 is 0 Å². The molecule has 0 saturated carbocycles. The number of ether oxygens (including phenoxy) is 4. The summed E-state index contributed by atoms with van der Waals surface area (Å²) in [7, 11) is 1.57. The van der Waals surface area contributed by atoms with Crippen LogP contribution in [0, 0.1) is 6.92 Å². The van der Waals surface area contributed by atoms with Crippen LogP contribution in [-0.4, -0.2) is 83.6 Å². The molecule has 1 amide bonds. The number of aryl methyl sites for hydroxylation is 1. The topological polar surface area (TPSA) is 151 Å². The summed E-state index contributed by atoms with van der Waals surface area (Å²) in [6.07, 6.45) is 1.36. The molecular weight excluding hydrogens is 480 g/mol. The minimum absolute atomic E-state index is 0.0936. The lowest BCUT2D eigenvalue weighted by molar-refractivity contribution is 0.0357. The highest BCUT2D eigenvalue weighted by Crippen LogP contribution is 2.37. The first-order valence-electron chi connectivity index (χ1n) is 12.2. The van der Waals surface area contributed by atoms with Crippen LogP contribution < -0.4 is 30.9 Å². The number of nitrogens with two attached hydrogens (primary N) is 1. The summed E-state index contributed by atoms with van der Waals surface area (Å²) in [5.74, 6) is 2.12. The molecular formula is C24H30N8O5. The summed E-state index contributed by atoms with van der Waals surface area (Å²) >= 11 is 0. The molecule has 1 fully saturated rings. The number of nitrogens with zero attached hydrogens (tertiary/aromatic N) is 6. The van der Waals surface area contributed by atoms with E-state index in [1.165, 1.54) is 6.20 Å². The van der Waals surface area contributed by atoms with Crippen LogP contribution in [0.1, 0.15) is 12.1 Å². The summed E-state index contributed by atoms with van der Waals surface area (Å²) in [4.78, 5) is 31.7. The van der Waals surface area contributed by atoms with Crippen molar-refractivity contribution in [3.63, 3.8) is 0 Å². The highest BCUT2D eigenvalue weighted by atomic mass is 16.6. The van der Waals surface area contributed by atoms with Gasteiger partial charge in [-0.3, -0.25) is 9.47 Å². The Kier molecular flexibility index (Phi) is 7.32. The van der Waals surface area contributed by atoms with Gasteiger partial charge in [0, 0.05) is 38.1 Å². The van der Waals surface area contributed by atoms with E-state index in [-0.39, 0.29) is 17.3 Å². The number of nitrogens with one attached hydrogen (secondary N) is 1. The van der Waals surface area contributed by atoms with Gasteiger partial charge >= 0.3 is 6.09 Å². The van der Waals surface area contributed by atoms with Crippen LogP contribution in [0.15, 0.2) is 23.3 Å². The molecule has 2 aliphatic heterocycles. The van der Waals surface area contributed by atoms with Crippen LogP contribution in [0.3, 0.4) is 0 Å². The number of benzene rings is 1. The minimum atomic E-state index is -0.848. The number of morpholine rings is 1. The fraction of sp³-hybridized carbons (Fsp3) is 0.458. The van der Waals surface area contributed by atoms with Crippen molar-refractivity contribution in [1.29, 1.82) is 0 Å². The second-order valence-corrected chi connectivity index (χ2v) is 8.65. The fourth-order valence-electron chi connectivity index (χ4n) is 4.41. The highest BCUT2D eigenvalue weighted by molar-refractivity contribution is 5.95. The molecule has 13 heteroatoms. The van der Waals surface area contributed by atoms with Gasteiger partial charge in [-0.05, 0) is 25.5 Å². The average molecular weight is 511 g/mol. The molecule has 5 rings (SSSR count). The summed E-state index contributed by atoms with van der Waals surface area (Å²) in [6, 6.07) is 3.82. The zero-order valence-corrected chi connectivity index (χ0v) is 20.9. The number of aromatic nitrogens is 4. The third kappa shape index (κ3) is 5.42. The largest absolute Gasteiger partial charge is 0.491 e. The Morgan fingerprint density at radius 2 is 2.05 bits per heavy atom. The van der Waals surface area contributed by atoms with Crippen molar-refractivity contribution in [2.45, 2.75) is 19.9 Å². The number of nitrogen functional groups attached to an aromatic ring is 1. The first kappa shape index (κ1) is 24.7. The lowest BCUT2D eigenvalue weighted by atomic mass is 10.2. The van der Waals surface area contributed by atoms with Crippen molar-refractivity contribution in [3.05, 3.63) is 29.6 Å². The van der Waals surface area contributed by atoms with Gasteiger partial charge in [0.05, 0.1) is 38.8 Å². The highest BCUT2D eigenvalue weighted by Gasteiger charge is 2.21. The van der Waals surface area contributed by atoms with Crippen LogP contribution in [0.4, 0.5) is 16.6 Å². The molecule has 1 saturated heterocycles. The maximum atomic E-state index is 12.7. The van der Waals surface area contributed by atoms with Crippen molar-refractivity contribution in [1.82, 2.24) is 24.4 Å². The summed E-state index contributed by atoms with van der Waals surface area (Å²) in [6.45, 7) is 7.84. The predicted molar refractivity (Wildman–Crippen MR) is 135 cm³/mol.